The SMILES string of the molecule is Cc1ccc(O)c(C(C)NCC(O)C(C)C)c1. The van der Waals surface area contributed by atoms with Crippen molar-refractivity contribution >= 4 is 0 Å². The van der Waals surface area contributed by atoms with Gasteiger partial charge in [-0.2, -0.15) is 0 Å². The van der Waals surface area contributed by atoms with Crippen molar-refractivity contribution in [2.75, 3.05) is 6.54 Å². The molecule has 0 amide bonds. The fourth-order valence-electron chi connectivity index (χ4n) is 1.66. The molecule has 17 heavy (non-hydrogen) atoms. The highest BCUT2D eigenvalue weighted by molar-refractivity contribution is 5.37. The van der Waals surface area contributed by atoms with Crippen LogP contribution in [-0.4, -0.2) is 22.9 Å². The number of aromatic hydroxyl groups is 1. The number of phenolic OH excluding ortho intramolecular Hbond substituents is 1. The van der Waals surface area contributed by atoms with Gasteiger partial charge in [-0.05, 0) is 25.8 Å². The Morgan fingerprint density at radius 2 is 1.88 bits per heavy atom. The molecule has 0 saturated carbocycles. The molecule has 0 aliphatic heterocycles. The van der Waals surface area contributed by atoms with E-state index in [-0.39, 0.29) is 18.1 Å². The summed E-state index contributed by atoms with van der Waals surface area (Å²) in [5.41, 5.74) is 2.00. The van der Waals surface area contributed by atoms with Crippen molar-refractivity contribution in [1.29, 1.82) is 0 Å². The standard InChI is InChI=1S/C14H23NO2/c1-9(2)14(17)8-15-11(4)12-7-10(3)5-6-13(12)16/h5-7,9,11,14-17H,8H2,1-4H3. The number of hydrogen-bond acceptors (Lipinski definition) is 3. The van der Waals surface area contributed by atoms with Gasteiger partial charge in [0, 0.05) is 18.2 Å². The third kappa shape index (κ3) is 4.02. The number of phenols is 1. The molecule has 3 N–H and O–H groups in total. The van der Waals surface area contributed by atoms with Gasteiger partial charge >= 0.3 is 0 Å². The minimum absolute atomic E-state index is 0.0308. The van der Waals surface area contributed by atoms with E-state index in [0.29, 0.717) is 12.3 Å². The van der Waals surface area contributed by atoms with Crippen LogP contribution in [0.5, 0.6) is 5.75 Å². The summed E-state index contributed by atoms with van der Waals surface area (Å²) in [6, 6.07) is 5.59. The number of benzene rings is 1. The third-order valence-corrected chi connectivity index (χ3v) is 3.05. The van der Waals surface area contributed by atoms with Crippen molar-refractivity contribution in [2.24, 2.45) is 5.92 Å². The van der Waals surface area contributed by atoms with E-state index < -0.39 is 0 Å². The van der Waals surface area contributed by atoms with Gasteiger partial charge in [0.15, 0.2) is 0 Å². The molecule has 0 spiro atoms. The summed E-state index contributed by atoms with van der Waals surface area (Å²) in [6.07, 6.45) is -0.357. The Morgan fingerprint density at radius 1 is 1.24 bits per heavy atom. The van der Waals surface area contributed by atoms with Crippen LogP contribution in [0.1, 0.15) is 37.9 Å². The Labute approximate surface area is 103 Å². The second-order valence-corrected chi connectivity index (χ2v) is 5.00. The van der Waals surface area contributed by atoms with Crippen LogP contribution in [0.15, 0.2) is 18.2 Å². The lowest BCUT2D eigenvalue weighted by molar-refractivity contribution is 0.120. The lowest BCUT2D eigenvalue weighted by Gasteiger charge is -2.20. The van der Waals surface area contributed by atoms with E-state index >= 15 is 0 Å². The topological polar surface area (TPSA) is 52.5 Å². The lowest BCUT2D eigenvalue weighted by atomic mass is 10.0. The average molecular weight is 237 g/mol. The molecule has 0 aliphatic carbocycles. The van der Waals surface area contributed by atoms with Crippen LogP contribution >= 0.6 is 0 Å². The first-order valence-corrected chi connectivity index (χ1v) is 6.12. The van der Waals surface area contributed by atoms with E-state index in [1.54, 1.807) is 6.07 Å². The Kier molecular flexibility index (Phi) is 4.97. The fraction of sp³-hybridized carbons (Fsp3) is 0.571. The summed E-state index contributed by atoms with van der Waals surface area (Å²) in [6.45, 7) is 8.49. The maximum Gasteiger partial charge on any atom is 0.120 e. The number of aliphatic hydroxyl groups excluding tert-OH is 1. The van der Waals surface area contributed by atoms with Crippen molar-refractivity contribution in [3.05, 3.63) is 29.3 Å². The number of aryl methyl sites for hydroxylation is 1. The fourth-order valence-corrected chi connectivity index (χ4v) is 1.66. The van der Waals surface area contributed by atoms with Crippen molar-refractivity contribution in [3.63, 3.8) is 0 Å². The molecule has 0 radical (unpaired) electrons. The normalized spacial score (nSPS) is 14.9. The van der Waals surface area contributed by atoms with Crippen LogP contribution in [0.3, 0.4) is 0 Å². The van der Waals surface area contributed by atoms with Gasteiger partial charge in [0.25, 0.3) is 0 Å². The number of rotatable bonds is 5. The monoisotopic (exact) mass is 237 g/mol. The highest BCUT2D eigenvalue weighted by atomic mass is 16.3. The van der Waals surface area contributed by atoms with Gasteiger partial charge in [-0.15, -0.1) is 0 Å². The van der Waals surface area contributed by atoms with Gasteiger partial charge in [-0.1, -0.05) is 31.5 Å². The van der Waals surface area contributed by atoms with Crippen molar-refractivity contribution in [2.45, 2.75) is 39.8 Å². The second-order valence-electron chi connectivity index (χ2n) is 5.00. The van der Waals surface area contributed by atoms with E-state index in [1.807, 2.05) is 39.8 Å². The van der Waals surface area contributed by atoms with Crippen LogP contribution in [0.2, 0.25) is 0 Å². The van der Waals surface area contributed by atoms with Crippen LogP contribution in [0.25, 0.3) is 0 Å². The molecule has 1 aromatic rings. The maximum absolute atomic E-state index is 9.78. The zero-order valence-corrected chi connectivity index (χ0v) is 11.1. The van der Waals surface area contributed by atoms with Crippen LogP contribution in [-0.2, 0) is 0 Å². The van der Waals surface area contributed by atoms with Crippen LogP contribution in [0.4, 0.5) is 0 Å². The largest absolute Gasteiger partial charge is 0.508 e. The molecular weight excluding hydrogens is 214 g/mol. The Balaban J connectivity index is 2.63. The lowest BCUT2D eigenvalue weighted by Crippen LogP contribution is -2.32. The predicted molar refractivity (Wildman–Crippen MR) is 70.1 cm³/mol. The predicted octanol–water partition coefficient (Wildman–Crippen LogP) is 2.37. The van der Waals surface area contributed by atoms with Gasteiger partial charge in [0.1, 0.15) is 5.75 Å². The minimum Gasteiger partial charge on any atom is -0.508 e. The van der Waals surface area contributed by atoms with E-state index in [0.717, 1.165) is 11.1 Å². The molecule has 0 fully saturated rings. The molecule has 96 valence electrons. The Morgan fingerprint density at radius 3 is 2.47 bits per heavy atom. The molecule has 0 aromatic heterocycles. The minimum atomic E-state index is -0.357. The van der Waals surface area contributed by atoms with Crippen LogP contribution < -0.4 is 5.32 Å². The first-order valence-electron chi connectivity index (χ1n) is 6.12. The van der Waals surface area contributed by atoms with Gasteiger partial charge < -0.3 is 15.5 Å². The summed E-state index contributed by atoms with van der Waals surface area (Å²) in [5, 5.41) is 22.7. The van der Waals surface area contributed by atoms with Gasteiger partial charge in [0.2, 0.25) is 0 Å². The van der Waals surface area contributed by atoms with E-state index in [9.17, 15) is 10.2 Å². The van der Waals surface area contributed by atoms with E-state index in [2.05, 4.69) is 5.32 Å². The molecule has 3 nitrogen and oxygen atoms in total. The quantitative estimate of drug-likeness (QED) is 0.737. The van der Waals surface area contributed by atoms with E-state index in [1.165, 1.54) is 0 Å². The highest BCUT2D eigenvalue weighted by Gasteiger charge is 2.13. The number of hydrogen-bond donors (Lipinski definition) is 3. The van der Waals surface area contributed by atoms with Crippen molar-refractivity contribution < 1.29 is 10.2 Å². The smallest absolute Gasteiger partial charge is 0.120 e. The van der Waals surface area contributed by atoms with Crippen molar-refractivity contribution in [1.82, 2.24) is 5.32 Å². The molecule has 1 aromatic carbocycles. The summed E-state index contributed by atoms with van der Waals surface area (Å²) in [4.78, 5) is 0. The molecule has 2 atom stereocenters. The van der Waals surface area contributed by atoms with Gasteiger partial charge in [-0.3, -0.25) is 0 Å². The summed E-state index contributed by atoms with van der Waals surface area (Å²) >= 11 is 0. The molecule has 2 unspecified atom stereocenters. The van der Waals surface area contributed by atoms with E-state index in [4.69, 9.17) is 0 Å². The summed E-state index contributed by atoms with van der Waals surface area (Å²) in [7, 11) is 0. The number of nitrogens with one attached hydrogen (secondary N) is 1. The first-order chi connectivity index (χ1) is 7.91. The molecule has 0 bridgehead atoms. The molecule has 0 heterocycles. The highest BCUT2D eigenvalue weighted by Crippen LogP contribution is 2.24. The van der Waals surface area contributed by atoms with Crippen LogP contribution in [0, 0.1) is 12.8 Å². The van der Waals surface area contributed by atoms with Gasteiger partial charge in [-0.25, -0.2) is 0 Å². The first kappa shape index (κ1) is 14.0. The Hall–Kier alpha value is -1.06. The molecular formula is C14H23NO2. The molecule has 1 rings (SSSR count). The third-order valence-electron chi connectivity index (χ3n) is 3.05. The summed E-state index contributed by atoms with van der Waals surface area (Å²) in [5.74, 6) is 0.537. The number of aliphatic hydroxyl groups is 1. The zero-order valence-electron chi connectivity index (χ0n) is 11.1. The zero-order chi connectivity index (χ0) is 13.0. The Bertz CT molecular complexity index is 363. The maximum atomic E-state index is 9.78. The molecule has 0 saturated heterocycles. The molecule has 0 aliphatic rings. The second kappa shape index (κ2) is 6.03. The van der Waals surface area contributed by atoms with Crippen molar-refractivity contribution in [3.8, 4) is 5.75 Å². The van der Waals surface area contributed by atoms with Gasteiger partial charge in [0.05, 0.1) is 6.10 Å². The average Bonchev–Trinajstić information content (AvgIpc) is 2.28. The summed E-state index contributed by atoms with van der Waals surface area (Å²) < 4.78 is 0. The molecule has 3 heteroatoms.